The number of alkyl halides is 6. The van der Waals surface area contributed by atoms with Crippen molar-refractivity contribution >= 4 is 21.8 Å². The first-order chi connectivity index (χ1) is 31.3. The summed E-state index contributed by atoms with van der Waals surface area (Å²) in [5.74, 6) is 0.318. The van der Waals surface area contributed by atoms with E-state index in [0.717, 1.165) is 79.5 Å². The Labute approximate surface area is 371 Å². The highest BCUT2D eigenvalue weighted by Crippen LogP contribution is 2.46. The lowest BCUT2D eigenvalue weighted by Gasteiger charge is -2.22. The molecule has 0 atom stereocenters. The van der Waals surface area contributed by atoms with Gasteiger partial charge in [-0.3, -0.25) is 0 Å². The molecule has 0 aliphatic rings. The van der Waals surface area contributed by atoms with Crippen molar-refractivity contribution in [2.45, 2.75) is 26.2 Å². The van der Waals surface area contributed by atoms with Crippen molar-refractivity contribution in [2.24, 2.45) is 0 Å². The summed E-state index contributed by atoms with van der Waals surface area (Å²) in [4.78, 5) is 10.2. The Morgan fingerprint density at radius 2 is 0.831 bits per heavy atom. The van der Waals surface area contributed by atoms with Crippen LogP contribution in [0.15, 0.2) is 188 Å². The molecule has 318 valence electrons. The highest BCUT2D eigenvalue weighted by Gasteiger charge is 2.32. The Balaban J connectivity index is 1.32. The van der Waals surface area contributed by atoms with E-state index in [2.05, 4.69) is 42.7 Å². The number of halogens is 6. The number of rotatable bonds is 7. The lowest BCUT2D eigenvalue weighted by atomic mass is 9.91. The number of hydrogen-bond donors (Lipinski definition) is 0. The van der Waals surface area contributed by atoms with Gasteiger partial charge in [0.1, 0.15) is 0 Å². The van der Waals surface area contributed by atoms with E-state index in [1.807, 2.05) is 115 Å². The Kier molecular flexibility index (Phi) is 10.2. The van der Waals surface area contributed by atoms with Crippen molar-refractivity contribution in [3.8, 4) is 73.0 Å². The van der Waals surface area contributed by atoms with Crippen LogP contribution in [0.1, 0.15) is 22.3 Å². The van der Waals surface area contributed by atoms with Gasteiger partial charge >= 0.3 is 12.4 Å². The number of para-hydroxylation sites is 1. The molecule has 0 unspecified atom stereocenters. The Bertz CT molecular complexity index is 3230. The van der Waals surface area contributed by atoms with Gasteiger partial charge in [-0.25, -0.2) is 9.97 Å². The molecule has 0 saturated heterocycles. The summed E-state index contributed by atoms with van der Waals surface area (Å²) < 4.78 is 86.8. The summed E-state index contributed by atoms with van der Waals surface area (Å²) in [5, 5.41) is 1.84. The molecule has 9 heteroatoms. The van der Waals surface area contributed by atoms with Crippen LogP contribution in [0.5, 0.6) is 0 Å². The van der Waals surface area contributed by atoms with Crippen LogP contribution in [-0.2, 0) is 12.4 Å². The maximum Gasteiger partial charge on any atom is 0.416 e. The van der Waals surface area contributed by atoms with E-state index < -0.39 is 23.5 Å². The maximum absolute atomic E-state index is 14.1. The van der Waals surface area contributed by atoms with Crippen molar-refractivity contribution in [3.05, 3.63) is 210 Å². The zero-order chi connectivity index (χ0) is 45.0. The lowest BCUT2D eigenvalue weighted by molar-refractivity contribution is -0.138. The minimum absolute atomic E-state index is 0.318. The van der Waals surface area contributed by atoms with Crippen LogP contribution < -0.4 is 0 Å². The van der Waals surface area contributed by atoms with Crippen LogP contribution >= 0.6 is 0 Å². The SMILES string of the molecule is Cc1cc(C)cc(-c2ccc3c(c2)c2ccccc2n3-c2c(-c3ccc(C(F)(F)F)cc3)cc(-c3nc(-c4ccccc4)cc(-c4ccccc4)n3)cc2-c2ccc(C(F)(F)F)cc2)c1. The third-order valence-electron chi connectivity index (χ3n) is 11.7. The van der Waals surface area contributed by atoms with Crippen LogP contribution in [0.25, 0.3) is 94.8 Å². The van der Waals surface area contributed by atoms with E-state index >= 15 is 0 Å². The average Bonchev–Trinajstić information content (AvgIpc) is 3.64. The van der Waals surface area contributed by atoms with Gasteiger partial charge < -0.3 is 4.57 Å². The molecule has 65 heavy (non-hydrogen) atoms. The largest absolute Gasteiger partial charge is 0.416 e. The fourth-order valence-electron chi connectivity index (χ4n) is 8.75. The molecule has 0 amide bonds. The Hall–Kier alpha value is -7.78. The maximum atomic E-state index is 14.1. The zero-order valence-electron chi connectivity index (χ0n) is 35.0. The van der Waals surface area contributed by atoms with E-state index in [4.69, 9.17) is 9.97 Å². The summed E-state index contributed by atoms with van der Waals surface area (Å²) in [6, 6.07) is 55.3. The zero-order valence-corrected chi connectivity index (χ0v) is 35.0. The second-order valence-electron chi connectivity index (χ2n) is 16.2. The number of aromatic nitrogens is 3. The van der Waals surface area contributed by atoms with Gasteiger partial charge in [0.05, 0.1) is 39.2 Å². The molecule has 10 aromatic rings. The first kappa shape index (κ1) is 41.2. The molecule has 3 nitrogen and oxygen atoms in total. The van der Waals surface area contributed by atoms with Gasteiger partial charge in [-0.05, 0) is 96.8 Å². The van der Waals surface area contributed by atoms with Crippen molar-refractivity contribution < 1.29 is 26.3 Å². The number of aryl methyl sites for hydroxylation is 2. The summed E-state index contributed by atoms with van der Waals surface area (Å²) in [7, 11) is 0. The number of fused-ring (bicyclic) bond motifs is 3. The fraction of sp³-hybridized carbons (Fsp3) is 0.0714. The predicted octanol–water partition coefficient (Wildman–Crippen LogP) is 16.2. The Morgan fingerprint density at radius 3 is 1.34 bits per heavy atom. The Morgan fingerprint density at radius 1 is 0.369 bits per heavy atom. The minimum Gasteiger partial charge on any atom is -0.308 e. The molecule has 0 spiro atoms. The van der Waals surface area contributed by atoms with Gasteiger partial charge in [0.2, 0.25) is 0 Å². The molecule has 0 aliphatic heterocycles. The molecule has 0 N–H and O–H groups in total. The van der Waals surface area contributed by atoms with Crippen molar-refractivity contribution in [2.75, 3.05) is 0 Å². The number of nitrogens with zero attached hydrogens (tertiary/aromatic N) is 3. The normalized spacial score (nSPS) is 12.0. The van der Waals surface area contributed by atoms with Crippen molar-refractivity contribution in [1.29, 1.82) is 0 Å². The third-order valence-corrected chi connectivity index (χ3v) is 11.7. The standard InChI is InChI=1S/C56H37F6N3/c1-34-27-35(2)29-41(28-34)40-21-26-52-48(30-40)45-15-9-10-16-51(45)65(52)53-46(36-17-22-43(23-18-36)55(57,58)59)31-42(32-47(53)37-19-24-44(25-20-37)56(60,61)62)54-63-49(38-11-5-3-6-12-38)33-50(64-54)39-13-7-4-8-14-39/h3-33H,1-2H3. The van der Waals surface area contributed by atoms with Crippen LogP contribution in [0.2, 0.25) is 0 Å². The first-order valence-electron chi connectivity index (χ1n) is 20.9. The summed E-state index contributed by atoms with van der Waals surface area (Å²) in [5.41, 5.74) is 10.2. The molecule has 0 fully saturated rings. The van der Waals surface area contributed by atoms with E-state index in [1.54, 1.807) is 0 Å². The second kappa shape index (κ2) is 16.1. The summed E-state index contributed by atoms with van der Waals surface area (Å²) in [6.07, 6.45) is -9.18. The quantitative estimate of drug-likeness (QED) is 0.149. The molecular weight excluding hydrogens is 829 g/mol. The van der Waals surface area contributed by atoms with Gasteiger partial charge in [0, 0.05) is 38.6 Å². The highest BCUT2D eigenvalue weighted by atomic mass is 19.4. The van der Waals surface area contributed by atoms with Gasteiger partial charge in [-0.1, -0.05) is 139 Å². The van der Waals surface area contributed by atoms with Gasteiger partial charge in [0.25, 0.3) is 0 Å². The topological polar surface area (TPSA) is 30.7 Å². The van der Waals surface area contributed by atoms with Crippen LogP contribution in [0.4, 0.5) is 26.3 Å². The minimum atomic E-state index is -4.59. The molecule has 0 aliphatic carbocycles. The average molecular weight is 866 g/mol. The summed E-state index contributed by atoms with van der Waals surface area (Å²) in [6.45, 7) is 4.11. The molecule has 0 bridgehead atoms. The van der Waals surface area contributed by atoms with E-state index in [1.165, 1.54) is 24.3 Å². The molecule has 10 rings (SSSR count). The second-order valence-corrected chi connectivity index (χ2v) is 16.2. The first-order valence-corrected chi connectivity index (χ1v) is 20.9. The molecule has 0 radical (unpaired) electrons. The van der Waals surface area contributed by atoms with E-state index in [-0.39, 0.29) is 0 Å². The van der Waals surface area contributed by atoms with E-state index in [0.29, 0.717) is 50.7 Å². The van der Waals surface area contributed by atoms with Crippen LogP contribution in [-0.4, -0.2) is 14.5 Å². The fourth-order valence-corrected chi connectivity index (χ4v) is 8.75. The van der Waals surface area contributed by atoms with Gasteiger partial charge in [-0.15, -0.1) is 0 Å². The lowest BCUT2D eigenvalue weighted by Crippen LogP contribution is -2.06. The van der Waals surface area contributed by atoms with Crippen molar-refractivity contribution in [3.63, 3.8) is 0 Å². The molecule has 2 aromatic heterocycles. The van der Waals surface area contributed by atoms with Crippen LogP contribution in [0, 0.1) is 13.8 Å². The molecule has 2 heterocycles. The predicted molar refractivity (Wildman–Crippen MR) is 248 cm³/mol. The molecular formula is C56H37F6N3. The monoisotopic (exact) mass is 865 g/mol. The van der Waals surface area contributed by atoms with Gasteiger partial charge in [0.15, 0.2) is 5.82 Å². The molecule has 0 saturated carbocycles. The van der Waals surface area contributed by atoms with Crippen LogP contribution in [0.3, 0.4) is 0 Å². The van der Waals surface area contributed by atoms with Gasteiger partial charge in [-0.2, -0.15) is 26.3 Å². The molecule has 8 aromatic carbocycles. The summed E-state index contributed by atoms with van der Waals surface area (Å²) >= 11 is 0. The van der Waals surface area contributed by atoms with E-state index in [9.17, 15) is 26.3 Å². The van der Waals surface area contributed by atoms with Crippen molar-refractivity contribution in [1.82, 2.24) is 14.5 Å². The number of hydrogen-bond acceptors (Lipinski definition) is 2. The third kappa shape index (κ3) is 7.95. The number of benzene rings is 8. The smallest absolute Gasteiger partial charge is 0.308 e. The highest BCUT2D eigenvalue weighted by molar-refractivity contribution is 6.12.